The van der Waals surface area contributed by atoms with Gasteiger partial charge in [-0.1, -0.05) is 24.6 Å². The lowest BCUT2D eigenvalue weighted by Crippen LogP contribution is -2.45. The summed E-state index contributed by atoms with van der Waals surface area (Å²) in [5.74, 6) is 1.82. The maximum atomic E-state index is 5.39. The van der Waals surface area contributed by atoms with Crippen molar-refractivity contribution < 1.29 is 4.74 Å². The van der Waals surface area contributed by atoms with Gasteiger partial charge >= 0.3 is 0 Å². The zero-order chi connectivity index (χ0) is 17.2. The zero-order valence-electron chi connectivity index (χ0n) is 15.3. The molecule has 0 saturated carbocycles. The fraction of sp³-hybridized carbons (Fsp3) is 0.632. The molecule has 0 bridgehead atoms. The van der Waals surface area contributed by atoms with E-state index in [1.54, 1.807) is 7.11 Å². The highest BCUT2D eigenvalue weighted by molar-refractivity contribution is 5.79. The third-order valence-electron chi connectivity index (χ3n) is 4.73. The molecule has 1 aromatic rings. The van der Waals surface area contributed by atoms with Gasteiger partial charge in [-0.2, -0.15) is 0 Å². The molecule has 1 aromatic carbocycles. The average Bonchev–Trinajstić information content (AvgIpc) is 2.62. The van der Waals surface area contributed by atoms with Crippen molar-refractivity contribution in [2.24, 2.45) is 4.99 Å². The minimum absolute atomic E-state index is 0.709. The second kappa shape index (κ2) is 10.2. The van der Waals surface area contributed by atoms with Gasteiger partial charge in [0, 0.05) is 32.7 Å². The van der Waals surface area contributed by atoms with Crippen molar-refractivity contribution in [1.29, 1.82) is 0 Å². The molecular weight excluding hydrogens is 300 g/mol. The van der Waals surface area contributed by atoms with E-state index in [-0.39, 0.29) is 0 Å². The van der Waals surface area contributed by atoms with Gasteiger partial charge in [0.15, 0.2) is 5.96 Å². The predicted octanol–water partition coefficient (Wildman–Crippen LogP) is 2.28. The molecule has 134 valence electrons. The zero-order valence-corrected chi connectivity index (χ0v) is 15.3. The molecule has 0 spiro atoms. The topological polar surface area (TPSA) is 48.9 Å². The number of likely N-dealkylation sites (tertiary alicyclic amines) is 1. The molecule has 1 unspecified atom stereocenters. The summed E-state index contributed by atoms with van der Waals surface area (Å²) < 4.78 is 5.39. The molecule has 1 fully saturated rings. The number of nitrogens with zero attached hydrogens (tertiary/aromatic N) is 2. The van der Waals surface area contributed by atoms with Crippen LogP contribution in [0.15, 0.2) is 29.3 Å². The summed E-state index contributed by atoms with van der Waals surface area (Å²) in [5, 5.41) is 6.80. The summed E-state index contributed by atoms with van der Waals surface area (Å²) in [7, 11) is 3.54. The molecule has 1 saturated heterocycles. The maximum Gasteiger partial charge on any atom is 0.191 e. The molecule has 1 aliphatic heterocycles. The summed E-state index contributed by atoms with van der Waals surface area (Å²) in [4.78, 5) is 6.88. The molecule has 5 heteroatoms. The highest BCUT2D eigenvalue weighted by atomic mass is 16.5. The van der Waals surface area contributed by atoms with Crippen molar-refractivity contribution in [1.82, 2.24) is 15.5 Å². The average molecular weight is 332 g/mol. The molecule has 0 radical (unpaired) electrons. The number of hydrogen-bond acceptors (Lipinski definition) is 3. The number of guanidine groups is 1. The van der Waals surface area contributed by atoms with Crippen LogP contribution in [-0.2, 0) is 6.42 Å². The van der Waals surface area contributed by atoms with Crippen LogP contribution in [0, 0.1) is 0 Å². The Morgan fingerprint density at radius 3 is 2.79 bits per heavy atom. The van der Waals surface area contributed by atoms with Crippen LogP contribution in [0.3, 0.4) is 0 Å². The van der Waals surface area contributed by atoms with Gasteiger partial charge in [-0.05, 0) is 44.4 Å². The number of piperidine rings is 1. The van der Waals surface area contributed by atoms with Crippen molar-refractivity contribution in [2.75, 3.05) is 40.3 Å². The van der Waals surface area contributed by atoms with E-state index in [0.29, 0.717) is 6.04 Å². The van der Waals surface area contributed by atoms with Crippen LogP contribution < -0.4 is 15.4 Å². The van der Waals surface area contributed by atoms with Gasteiger partial charge in [-0.25, -0.2) is 0 Å². The standard InChI is InChI=1S/C19H32N4O/c1-16-8-6-7-14-23(16)15-13-22-19(20-2)21-12-11-17-9-4-5-10-18(17)24-3/h4-5,9-10,16H,6-8,11-15H2,1-3H3,(H2,20,21,22). The fourth-order valence-corrected chi connectivity index (χ4v) is 3.25. The van der Waals surface area contributed by atoms with Crippen molar-refractivity contribution in [3.05, 3.63) is 29.8 Å². The van der Waals surface area contributed by atoms with Gasteiger partial charge in [0.1, 0.15) is 5.75 Å². The molecule has 0 aliphatic carbocycles. The molecule has 2 N–H and O–H groups in total. The number of rotatable bonds is 7. The summed E-state index contributed by atoms with van der Waals surface area (Å²) in [6.45, 7) is 6.40. The Kier molecular flexibility index (Phi) is 7.89. The minimum Gasteiger partial charge on any atom is -0.496 e. The Morgan fingerprint density at radius 2 is 2.04 bits per heavy atom. The fourth-order valence-electron chi connectivity index (χ4n) is 3.25. The van der Waals surface area contributed by atoms with E-state index >= 15 is 0 Å². The van der Waals surface area contributed by atoms with Crippen molar-refractivity contribution in [2.45, 2.75) is 38.6 Å². The van der Waals surface area contributed by atoms with Crippen LogP contribution in [0.25, 0.3) is 0 Å². The Hall–Kier alpha value is -1.75. The van der Waals surface area contributed by atoms with Gasteiger partial charge in [0.25, 0.3) is 0 Å². The number of hydrogen-bond donors (Lipinski definition) is 2. The Balaban J connectivity index is 1.69. The van der Waals surface area contributed by atoms with E-state index in [9.17, 15) is 0 Å². The largest absolute Gasteiger partial charge is 0.496 e. The summed E-state index contributed by atoms with van der Waals surface area (Å²) in [6, 6.07) is 8.86. The summed E-state index contributed by atoms with van der Waals surface area (Å²) in [5.41, 5.74) is 1.21. The van der Waals surface area contributed by atoms with Crippen LogP contribution in [0.2, 0.25) is 0 Å². The van der Waals surface area contributed by atoms with E-state index in [0.717, 1.165) is 37.8 Å². The first-order valence-corrected chi connectivity index (χ1v) is 9.05. The van der Waals surface area contributed by atoms with Gasteiger partial charge in [0.2, 0.25) is 0 Å². The first-order valence-electron chi connectivity index (χ1n) is 9.05. The number of aliphatic imine (C=N–C) groups is 1. The molecule has 0 aromatic heterocycles. The summed E-state index contributed by atoms with van der Waals surface area (Å²) in [6.07, 6.45) is 4.94. The highest BCUT2D eigenvalue weighted by Gasteiger charge is 2.17. The van der Waals surface area contributed by atoms with Crippen LogP contribution >= 0.6 is 0 Å². The highest BCUT2D eigenvalue weighted by Crippen LogP contribution is 2.17. The second-order valence-corrected chi connectivity index (χ2v) is 6.37. The van der Waals surface area contributed by atoms with Crippen molar-refractivity contribution in [3.63, 3.8) is 0 Å². The van der Waals surface area contributed by atoms with Gasteiger partial charge in [0.05, 0.1) is 7.11 Å². The molecule has 1 aliphatic rings. The predicted molar refractivity (Wildman–Crippen MR) is 101 cm³/mol. The maximum absolute atomic E-state index is 5.39. The van der Waals surface area contributed by atoms with Crippen molar-refractivity contribution in [3.8, 4) is 5.75 Å². The number of benzene rings is 1. The van der Waals surface area contributed by atoms with Gasteiger partial charge in [-0.15, -0.1) is 0 Å². The van der Waals surface area contributed by atoms with Crippen LogP contribution in [0.1, 0.15) is 31.7 Å². The van der Waals surface area contributed by atoms with Gasteiger partial charge < -0.3 is 15.4 Å². The normalized spacial score (nSPS) is 19.1. The third kappa shape index (κ3) is 5.71. The first-order chi connectivity index (χ1) is 11.7. The third-order valence-corrected chi connectivity index (χ3v) is 4.73. The summed E-state index contributed by atoms with van der Waals surface area (Å²) >= 11 is 0. The lowest BCUT2D eigenvalue weighted by Gasteiger charge is -2.33. The van der Waals surface area contributed by atoms with E-state index in [4.69, 9.17) is 4.74 Å². The number of nitrogens with one attached hydrogen (secondary N) is 2. The van der Waals surface area contributed by atoms with E-state index in [1.165, 1.54) is 31.4 Å². The Bertz CT molecular complexity index is 518. The van der Waals surface area contributed by atoms with Crippen LogP contribution in [-0.4, -0.2) is 57.2 Å². The number of methoxy groups -OCH3 is 1. The van der Waals surface area contributed by atoms with Crippen LogP contribution in [0.4, 0.5) is 0 Å². The molecule has 5 nitrogen and oxygen atoms in total. The quantitative estimate of drug-likeness (QED) is 0.594. The number of ether oxygens (including phenoxy) is 1. The minimum atomic E-state index is 0.709. The molecule has 24 heavy (non-hydrogen) atoms. The van der Waals surface area contributed by atoms with E-state index in [1.807, 2.05) is 25.2 Å². The lowest BCUT2D eigenvalue weighted by molar-refractivity contribution is 0.163. The second-order valence-electron chi connectivity index (χ2n) is 6.37. The Morgan fingerprint density at radius 1 is 1.25 bits per heavy atom. The first kappa shape index (κ1) is 18.6. The lowest BCUT2D eigenvalue weighted by atomic mass is 10.0. The molecule has 0 amide bonds. The smallest absolute Gasteiger partial charge is 0.191 e. The van der Waals surface area contributed by atoms with Crippen molar-refractivity contribution >= 4 is 5.96 Å². The molecular formula is C19H32N4O. The molecule has 2 rings (SSSR count). The SMILES string of the molecule is CN=C(NCCc1ccccc1OC)NCCN1CCCCC1C. The Labute approximate surface area is 146 Å². The monoisotopic (exact) mass is 332 g/mol. The molecule has 1 heterocycles. The van der Waals surface area contributed by atoms with Crippen LogP contribution in [0.5, 0.6) is 5.75 Å². The van der Waals surface area contributed by atoms with E-state index < -0.39 is 0 Å². The molecule has 1 atom stereocenters. The van der Waals surface area contributed by atoms with Gasteiger partial charge in [-0.3, -0.25) is 9.89 Å². The number of para-hydroxylation sites is 1. The van der Waals surface area contributed by atoms with E-state index in [2.05, 4.69) is 33.5 Å².